The molecule has 2 aliphatic rings. The first-order chi connectivity index (χ1) is 16.4. The summed E-state index contributed by atoms with van der Waals surface area (Å²) in [6, 6.07) is 16.3. The highest BCUT2D eigenvalue weighted by atomic mass is 32.2. The highest BCUT2D eigenvalue weighted by Crippen LogP contribution is 2.45. The van der Waals surface area contributed by atoms with Gasteiger partial charge in [0, 0.05) is 24.8 Å². The SMILES string of the molecule is CSCCN(CC(=O)O)C(=O)C1(CNC(=O)OCC2c3ccccc3-c3ccccc32)CCC1. The maximum Gasteiger partial charge on any atom is 0.407 e. The highest BCUT2D eigenvalue weighted by Gasteiger charge is 2.46. The van der Waals surface area contributed by atoms with Crippen LogP contribution in [0.3, 0.4) is 0 Å². The average Bonchev–Trinajstić information content (AvgIpc) is 3.13. The molecule has 180 valence electrons. The van der Waals surface area contributed by atoms with Crippen LogP contribution < -0.4 is 5.32 Å². The molecule has 8 heteroatoms. The summed E-state index contributed by atoms with van der Waals surface area (Å²) in [5, 5.41) is 12.0. The van der Waals surface area contributed by atoms with Gasteiger partial charge in [-0.15, -0.1) is 0 Å². The van der Waals surface area contributed by atoms with Crippen molar-refractivity contribution in [2.75, 3.05) is 38.2 Å². The number of ether oxygens (including phenoxy) is 1. The van der Waals surface area contributed by atoms with Gasteiger partial charge in [0.25, 0.3) is 0 Å². The van der Waals surface area contributed by atoms with Crippen LogP contribution in [0.1, 0.15) is 36.3 Å². The highest BCUT2D eigenvalue weighted by molar-refractivity contribution is 7.98. The monoisotopic (exact) mass is 482 g/mol. The first kappa shape index (κ1) is 24.1. The molecule has 1 saturated carbocycles. The van der Waals surface area contributed by atoms with Gasteiger partial charge in [0.15, 0.2) is 0 Å². The topological polar surface area (TPSA) is 95.9 Å². The number of fused-ring (bicyclic) bond motifs is 3. The van der Waals surface area contributed by atoms with Gasteiger partial charge in [-0.2, -0.15) is 11.8 Å². The predicted molar refractivity (Wildman–Crippen MR) is 132 cm³/mol. The molecule has 0 heterocycles. The summed E-state index contributed by atoms with van der Waals surface area (Å²) < 4.78 is 5.60. The molecule has 2 aliphatic carbocycles. The normalized spacial score (nSPS) is 15.6. The Labute approximate surface area is 203 Å². The van der Waals surface area contributed by atoms with Crippen LogP contribution in [0.25, 0.3) is 11.1 Å². The lowest BCUT2D eigenvalue weighted by molar-refractivity contribution is -0.153. The quantitative estimate of drug-likeness (QED) is 0.532. The molecule has 34 heavy (non-hydrogen) atoms. The van der Waals surface area contributed by atoms with Gasteiger partial charge in [-0.05, 0) is 41.4 Å². The molecule has 0 unspecified atom stereocenters. The summed E-state index contributed by atoms with van der Waals surface area (Å²) in [6.07, 6.45) is 3.49. The fourth-order valence-corrected chi connectivity index (χ4v) is 5.32. The molecule has 2 aromatic rings. The largest absolute Gasteiger partial charge is 0.480 e. The Morgan fingerprint density at radius 3 is 2.24 bits per heavy atom. The van der Waals surface area contributed by atoms with Crippen LogP contribution in [0.5, 0.6) is 0 Å². The Kier molecular flexibility index (Phi) is 7.46. The number of carboxylic acid groups (broad SMARTS) is 1. The zero-order valence-corrected chi connectivity index (χ0v) is 20.1. The molecule has 0 radical (unpaired) electrons. The molecule has 2 aromatic carbocycles. The first-order valence-electron chi connectivity index (χ1n) is 11.5. The number of rotatable bonds is 10. The Hall–Kier alpha value is -3.00. The third kappa shape index (κ3) is 4.92. The average molecular weight is 483 g/mol. The fourth-order valence-electron chi connectivity index (χ4n) is 4.91. The number of amides is 2. The summed E-state index contributed by atoms with van der Waals surface area (Å²) in [4.78, 5) is 38.5. The maximum absolute atomic E-state index is 13.2. The molecule has 0 spiro atoms. The Morgan fingerprint density at radius 2 is 1.71 bits per heavy atom. The van der Waals surface area contributed by atoms with E-state index in [-0.39, 0.29) is 31.5 Å². The molecule has 0 aliphatic heterocycles. The van der Waals surface area contributed by atoms with Gasteiger partial charge in [0.05, 0.1) is 5.41 Å². The van der Waals surface area contributed by atoms with Gasteiger partial charge < -0.3 is 20.1 Å². The summed E-state index contributed by atoms with van der Waals surface area (Å²) in [6.45, 7) is 0.405. The molecular formula is C26H30N2O5S. The van der Waals surface area contributed by atoms with E-state index in [0.717, 1.165) is 28.7 Å². The summed E-state index contributed by atoms with van der Waals surface area (Å²) in [7, 11) is 0. The van der Waals surface area contributed by atoms with Crippen LogP contribution in [0.4, 0.5) is 4.79 Å². The van der Waals surface area contributed by atoms with E-state index in [4.69, 9.17) is 4.74 Å². The molecule has 0 saturated heterocycles. The van der Waals surface area contributed by atoms with Crippen LogP contribution >= 0.6 is 11.8 Å². The van der Waals surface area contributed by atoms with Crippen LogP contribution in [0.2, 0.25) is 0 Å². The lowest BCUT2D eigenvalue weighted by Crippen LogP contribution is -2.55. The van der Waals surface area contributed by atoms with Crippen molar-refractivity contribution in [1.82, 2.24) is 10.2 Å². The number of carboxylic acids is 1. The summed E-state index contributed by atoms with van der Waals surface area (Å²) >= 11 is 1.56. The zero-order valence-electron chi connectivity index (χ0n) is 19.3. The molecule has 0 atom stereocenters. The third-order valence-corrected chi connectivity index (χ3v) is 7.45. The number of hydrogen-bond acceptors (Lipinski definition) is 5. The van der Waals surface area contributed by atoms with Crippen molar-refractivity contribution in [3.63, 3.8) is 0 Å². The van der Waals surface area contributed by atoms with Crippen molar-refractivity contribution in [3.05, 3.63) is 59.7 Å². The van der Waals surface area contributed by atoms with E-state index in [0.29, 0.717) is 25.1 Å². The van der Waals surface area contributed by atoms with Crippen molar-refractivity contribution in [2.45, 2.75) is 25.2 Å². The standard InChI is InChI=1S/C26H30N2O5S/c1-34-14-13-28(15-23(29)30)24(31)26(11-6-12-26)17-27-25(32)33-16-22-20-9-4-2-7-18(20)19-8-3-5-10-21(19)22/h2-5,7-10,22H,6,11-17H2,1H3,(H,27,32)(H,29,30). The fraction of sp³-hybridized carbons (Fsp3) is 0.423. The van der Waals surface area contributed by atoms with E-state index >= 15 is 0 Å². The molecule has 2 amide bonds. The van der Waals surface area contributed by atoms with E-state index < -0.39 is 17.5 Å². The Morgan fingerprint density at radius 1 is 1.09 bits per heavy atom. The van der Waals surface area contributed by atoms with Gasteiger partial charge in [0.1, 0.15) is 13.2 Å². The van der Waals surface area contributed by atoms with Gasteiger partial charge in [-0.1, -0.05) is 55.0 Å². The van der Waals surface area contributed by atoms with Crippen LogP contribution in [-0.2, 0) is 14.3 Å². The van der Waals surface area contributed by atoms with E-state index in [1.807, 2.05) is 30.5 Å². The lowest BCUT2D eigenvalue weighted by atomic mass is 9.67. The van der Waals surface area contributed by atoms with E-state index in [9.17, 15) is 19.5 Å². The number of nitrogens with zero attached hydrogens (tertiary/aromatic N) is 1. The van der Waals surface area contributed by atoms with Gasteiger partial charge in [-0.3, -0.25) is 9.59 Å². The second-order valence-electron chi connectivity index (χ2n) is 8.93. The molecule has 2 N–H and O–H groups in total. The Balaban J connectivity index is 1.37. The molecule has 0 bridgehead atoms. The molecule has 7 nitrogen and oxygen atoms in total. The minimum atomic E-state index is -1.03. The van der Waals surface area contributed by atoms with Crippen LogP contribution in [0.15, 0.2) is 48.5 Å². The first-order valence-corrected chi connectivity index (χ1v) is 12.9. The number of carbonyl (C=O) groups is 3. The number of alkyl carbamates (subject to hydrolysis) is 1. The van der Waals surface area contributed by atoms with E-state index in [1.165, 1.54) is 4.90 Å². The number of hydrogen-bond donors (Lipinski definition) is 2. The summed E-state index contributed by atoms with van der Waals surface area (Å²) in [5.74, 6) is -0.604. The second-order valence-corrected chi connectivity index (χ2v) is 9.91. The van der Waals surface area contributed by atoms with Gasteiger partial charge in [-0.25, -0.2) is 4.79 Å². The van der Waals surface area contributed by atoms with Gasteiger partial charge in [0.2, 0.25) is 5.91 Å². The van der Waals surface area contributed by atoms with E-state index in [1.54, 1.807) is 11.8 Å². The number of benzene rings is 2. The third-order valence-electron chi connectivity index (χ3n) is 6.86. The smallest absolute Gasteiger partial charge is 0.407 e. The lowest BCUT2D eigenvalue weighted by Gasteiger charge is -2.43. The number of nitrogens with one attached hydrogen (secondary N) is 1. The van der Waals surface area contributed by atoms with Crippen molar-refractivity contribution >= 4 is 29.7 Å². The Bertz CT molecular complexity index is 1020. The van der Waals surface area contributed by atoms with Crippen LogP contribution in [-0.4, -0.2) is 66.2 Å². The zero-order chi connectivity index (χ0) is 24.1. The second kappa shape index (κ2) is 10.5. The van der Waals surface area contributed by atoms with Crippen molar-refractivity contribution in [1.29, 1.82) is 0 Å². The molecular weight excluding hydrogens is 452 g/mol. The minimum Gasteiger partial charge on any atom is -0.480 e. The predicted octanol–water partition coefficient (Wildman–Crippen LogP) is 3.97. The summed E-state index contributed by atoms with van der Waals surface area (Å²) in [5.41, 5.74) is 3.85. The minimum absolute atomic E-state index is 0.0324. The number of aliphatic carboxylic acids is 1. The van der Waals surface area contributed by atoms with Crippen molar-refractivity contribution < 1.29 is 24.2 Å². The van der Waals surface area contributed by atoms with Crippen molar-refractivity contribution in [3.8, 4) is 11.1 Å². The van der Waals surface area contributed by atoms with Crippen molar-refractivity contribution in [2.24, 2.45) is 5.41 Å². The number of carbonyl (C=O) groups excluding carboxylic acids is 2. The molecule has 1 fully saturated rings. The molecule has 0 aromatic heterocycles. The molecule has 4 rings (SSSR count). The maximum atomic E-state index is 13.2. The van der Waals surface area contributed by atoms with E-state index in [2.05, 4.69) is 29.6 Å². The van der Waals surface area contributed by atoms with Gasteiger partial charge >= 0.3 is 12.1 Å². The van der Waals surface area contributed by atoms with Crippen LogP contribution in [0, 0.1) is 5.41 Å². The number of thioether (sulfide) groups is 1.